The molecular weight excluding hydrogens is 404 g/mol. The fourth-order valence-electron chi connectivity index (χ4n) is 4.30. The quantitative estimate of drug-likeness (QED) is 0.466. The Hall–Kier alpha value is -3.15. The molecule has 32 heavy (non-hydrogen) atoms. The molecule has 4 N–H and O–H groups in total. The first kappa shape index (κ1) is 20.7. The van der Waals surface area contributed by atoms with Gasteiger partial charge in [-0.1, -0.05) is 11.8 Å². The number of H-pyrrole nitrogens is 1. The van der Waals surface area contributed by atoms with Gasteiger partial charge in [-0.3, -0.25) is 0 Å². The van der Waals surface area contributed by atoms with E-state index in [1.54, 1.807) is 6.33 Å². The number of nitrogens with one attached hydrogen (secondary N) is 3. The van der Waals surface area contributed by atoms with E-state index in [1.165, 1.54) is 0 Å². The monoisotopic (exact) mass is 432 g/mol. The zero-order valence-electron chi connectivity index (χ0n) is 18.2. The largest absolute Gasteiger partial charge is 0.381 e. The van der Waals surface area contributed by atoms with Crippen LogP contribution in [0.1, 0.15) is 49.7 Å². The predicted octanol–water partition coefficient (Wildman–Crippen LogP) is 3.65. The number of ether oxygens (including phenoxy) is 1. The topological polar surface area (TPSA) is 108 Å². The number of nitrogens with zero attached hydrogens (tertiary/aromatic N) is 3. The van der Waals surface area contributed by atoms with E-state index in [9.17, 15) is 5.11 Å². The Labute approximate surface area is 187 Å². The lowest BCUT2D eigenvalue weighted by Gasteiger charge is -2.23. The van der Waals surface area contributed by atoms with Gasteiger partial charge in [0.1, 0.15) is 11.1 Å². The molecule has 3 aromatic rings. The van der Waals surface area contributed by atoms with Crippen LogP contribution in [0.4, 0.5) is 17.5 Å². The molecular formula is C24H28N6O2. The Morgan fingerprint density at radius 3 is 2.78 bits per heavy atom. The summed E-state index contributed by atoms with van der Waals surface area (Å²) in [6, 6.07) is 6.26. The van der Waals surface area contributed by atoms with E-state index in [-0.39, 0.29) is 0 Å². The van der Waals surface area contributed by atoms with Crippen LogP contribution in [0.5, 0.6) is 0 Å². The van der Waals surface area contributed by atoms with Crippen molar-refractivity contribution in [2.75, 3.05) is 23.8 Å². The fourth-order valence-corrected chi connectivity index (χ4v) is 4.30. The number of hydrogen-bond acceptors (Lipinski definition) is 7. The maximum Gasteiger partial charge on any atom is 0.231 e. The highest BCUT2D eigenvalue weighted by Crippen LogP contribution is 2.29. The summed E-state index contributed by atoms with van der Waals surface area (Å²) in [5.74, 6) is 7.44. The lowest BCUT2D eigenvalue weighted by atomic mass is 10.0. The first-order valence-corrected chi connectivity index (χ1v) is 11.3. The molecule has 0 spiro atoms. The van der Waals surface area contributed by atoms with Crippen molar-refractivity contribution in [2.45, 2.75) is 57.1 Å². The highest BCUT2D eigenvalue weighted by Gasteiger charge is 2.28. The Balaban J connectivity index is 1.36. The van der Waals surface area contributed by atoms with Crippen molar-refractivity contribution >= 4 is 28.6 Å². The highest BCUT2D eigenvalue weighted by atomic mass is 16.5. The molecule has 5 rings (SSSR count). The lowest BCUT2D eigenvalue weighted by Crippen LogP contribution is -2.28. The maximum atomic E-state index is 10.5. The standard InChI is InChI=1S/C24H28N6O2/c1-16-14-17(6-11-24(31)9-2-3-10-24)4-5-19(16)28-23-29-21-20(25-15-26-21)22(30-23)27-18-7-12-32-13-8-18/h4-5,14-15,18,31H,2-3,7-10,12-13H2,1H3,(H3,25,26,27,28,29,30). The molecule has 2 fully saturated rings. The molecule has 0 amide bonds. The van der Waals surface area contributed by atoms with E-state index in [0.717, 1.165) is 79.9 Å². The maximum absolute atomic E-state index is 10.5. The molecule has 0 bridgehead atoms. The van der Waals surface area contributed by atoms with Crippen molar-refractivity contribution in [3.63, 3.8) is 0 Å². The predicted molar refractivity (Wildman–Crippen MR) is 124 cm³/mol. The SMILES string of the molecule is Cc1cc(C#CC2(O)CCCC2)ccc1Nc1nc(NC2CCOCC2)c2[nH]cnc2n1. The number of aliphatic hydroxyl groups is 1. The molecule has 3 heterocycles. The van der Waals surface area contributed by atoms with Gasteiger partial charge in [-0.15, -0.1) is 0 Å². The van der Waals surface area contributed by atoms with E-state index in [4.69, 9.17) is 9.72 Å². The molecule has 8 heteroatoms. The van der Waals surface area contributed by atoms with E-state index in [1.807, 2.05) is 25.1 Å². The van der Waals surface area contributed by atoms with Crippen molar-refractivity contribution in [2.24, 2.45) is 0 Å². The molecule has 0 unspecified atom stereocenters. The summed E-state index contributed by atoms with van der Waals surface area (Å²) in [6.45, 7) is 3.53. The minimum Gasteiger partial charge on any atom is -0.381 e. The number of rotatable bonds is 4. The third-order valence-electron chi connectivity index (χ3n) is 6.19. The summed E-state index contributed by atoms with van der Waals surface area (Å²) in [5.41, 5.74) is 3.41. The van der Waals surface area contributed by atoms with E-state index in [0.29, 0.717) is 17.6 Å². The van der Waals surface area contributed by atoms with Crippen LogP contribution in [0.15, 0.2) is 24.5 Å². The average Bonchev–Trinajstić information content (AvgIpc) is 3.44. The van der Waals surface area contributed by atoms with Crippen LogP contribution >= 0.6 is 0 Å². The third kappa shape index (κ3) is 4.54. The van der Waals surface area contributed by atoms with Crippen LogP contribution in [0.3, 0.4) is 0 Å². The molecule has 1 aromatic carbocycles. The Morgan fingerprint density at radius 2 is 2.00 bits per heavy atom. The molecule has 1 saturated carbocycles. The van der Waals surface area contributed by atoms with E-state index < -0.39 is 5.60 Å². The summed E-state index contributed by atoms with van der Waals surface area (Å²) in [4.78, 5) is 16.7. The number of fused-ring (bicyclic) bond motifs is 1. The molecule has 2 aliphatic rings. The Kier molecular flexibility index (Phi) is 5.68. The molecule has 1 aliphatic heterocycles. The molecule has 0 atom stereocenters. The number of aromatic nitrogens is 4. The van der Waals surface area contributed by atoms with Gasteiger partial charge in [0.2, 0.25) is 5.95 Å². The van der Waals surface area contributed by atoms with Gasteiger partial charge in [0, 0.05) is 30.5 Å². The van der Waals surface area contributed by atoms with Gasteiger partial charge >= 0.3 is 0 Å². The number of benzene rings is 1. The number of anilines is 3. The van der Waals surface area contributed by atoms with Gasteiger partial charge in [-0.25, -0.2) is 4.98 Å². The third-order valence-corrected chi connectivity index (χ3v) is 6.19. The van der Waals surface area contributed by atoms with Gasteiger partial charge in [0.05, 0.1) is 6.33 Å². The summed E-state index contributed by atoms with van der Waals surface area (Å²) < 4.78 is 5.46. The van der Waals surface area contributed by atoms with Gasteiger partial charge in [-0.2, -0.15) is 9.97 Å². The van der Waals surface area contributed by atoms with Crippen molar-refractivity contribution in [1.82, 2.24) is 19.9 Å². The van der Waals surface area contributed by atoms with Crippen LogP contribution in [0.2, 0.25) is 0 Å². The zero-order chi connectivity index (χ0) is 22.0. The van der Waals surface area contributed by atoms with Gasteiger partial charge in [0.15, 0.2) is 11.5 Å². The Bertz CT molecular complexity index is 1170. The van der Waals surface area contributed by atoms with Crippen molar-refractivity contribution in [3.05, 3.63) is 35.7 Å². The van der Waals surface area contributed by atoms with Crippen LogP contribution in [-0.4, -0.2) is 49.9 Å². The van der Waals surface area contributed by atoms with Gasteiger partial charge in [-0.05, 0) is 69.2 Å². The smallest absolute Gasteiger partial charge is 0.231 e. The second kappa shape index (κ2) is 8.77. The summed E-state index contributed by atoms with van der Waals surface area (Å²) in [6.07, 6.45) is 7.12. The van der Waals surface area contributed by atoms with Crippen LogP contribution in [0, 0.1) is 18.8 Å². The van der Waals surface area contributed by atoms with Crippen molar-refractivity contribution < 1.29 is 9.84 Å². The molecule has 8 nitrogen and oxygen atoms in total. The van der Waals surface area contributed by atoms with Crippen LogP contribution in [-0.2, 0) is 4.74 Å². The molecule has 2 aromatic heterocycles. The molecule has 1 aliphatic carbocycles. The van der Waals surface area contributed by atoms with Crippen LogP contribution < -0.4 is 10.6 Å². The average molecular weight is 433 g/mol. The number of aromatic amines is 1. The second-order valence-electron chi connectivity index (χ2n) is 8.67. The first-order valence-electron chi connectivity index (χ1n) is 11.3. The van der Waals surface area contributed by atoms with Gasteiger partial charge < -0.3 is 25.5 Å². The summed E-state index contributed by atoms with van der Waals surface area (Å²) in [5, 5.41) is 17.3. The zero-order valence-corrected chi connectivity index (χ0v) is 18.2. The summed E-state index contributed by atoms with van der Waals surface area (Å²) >= 11 is 0. The first-order chi connectivity index (χ1) is 15.6. The molecule has 166 valence electrons. The van der Waals surface area contributed by atoms with Gasteiger partial charge in [0.25, 0.3) is 0 Å². The fraction of sp³-hybridized carbons (Fsp3) is 0.458. The lowest BCUT2D eigenvalue weighted by molar-refractivity contribution is 0.0904. The number of aryl methyl sites for hydroxylation is 1. The second-order valence-corrected chi connectivity index (χ2v) is 8.67. The molecule has 1 saturated heterocycles. The minimum atomic E-state index is -0.828. The molecule has 0 radical (unpaired) electrons. The number of imidazole rings is 1. The van der Waals surface area contributed by atoms with Crippen molar-refractivity contribution in [1.29, 1.82) is 0 Å². The van der Waals surface area contributed by atoms with E-state index in [2.05, 4.69) is 37.4 Å². The summed E-state index contributed by atoms with van der Waals surface area (Å²) in [7, 11) is 0. The Morgan fingerprint density at radius 1 is 1.19 bits per heavy atom. The number of hydrogen-bond donors (Lipinski definition) is 4. The highest BCUT2D eigenvalue weighted by molar-refractivity contribution is 5.84. The van der Waals surface area contributed by atoms with Crippen molar-refractivity contribution in [3.8, 4) is 11.8 Å². The normalized spacial score (nSPS) is 18.3. The minimum absolute atomic E-state index is 0.312. The van der Waals surface area contributed by atoms with Crippen LogP contribution in [0.25, 0.3) is 11.2 Å². The van der Waals surface area contributed by atoms with E-state index >= 15 is 0 Å².